The topological polar surface area (TPSA) is 55.3 Å². The van der Waals surface area contributed by atoms with Gasteiger partial charge in [0.25, 0.3) is 0 Å². The second kappa shape index (κ2) is 3.62. The molecule has 80 valence electrons. The minimum atomic E-state index is -4.38. The van der Waals surface area contributed by atoms with Crippen LogP contribution in [0.15, 0.2) is 23.4 Å². The molecule has 0 bridgehead atoms. The number of hydrazine groups is 1. The lowest BCUT2D eigenvalue weighted by atomic mass is 10.0. The lowest BCUT2D eigenvalue weighted by molar-refractivity contribution is -0.0900. The third-order valence-corrected chi connectivity index (χ3v) is 2.07. The SMILES string of the molecule is CCC1=CC(C(F)(F)F)=CN(N)C1N. The average Bonchev–Trinajstić information content (AvgIpc) is 2.07. The second-order valence-electron chi connectivity index (χ2n) is 3.05. The van der Waals surface area contributed by atoms with E-state index in [1.807, 2.05) is 0 Å². The van der Waals surface area contributed by atoms with Crippen LogP contribution in [-0.2, 0) is 0 Å². The van der Waals surface area contributed by atoms with E-state index >= 15 is 0 Å². The predicted molar refractivity (Wildman–Crippen MR) is 46.5 cm³/mol. The van der Waals surface area contributed by atoms with Gasteiger partial charge in [0.15, 0.2) is 0 Å². The van der Waals surface area contributed by atoms with Crippen LogP contribution in [0.4, 0.5) is 13.2 Å². The van der Waals surface area contributed by atoms with E-state index in [4.69, 9.17) is 11.6 Å². The van der Waals surface area contributed by atoms with Crippen molar-refractivity contribution < 1.29 is 13.2 Å². The molecule has 1 heterocycles. The minimum absolute atomic E-state index is 0.447. The Bertz CT molecular complexity index is 280. The summed E-state index contributed by atoms with van der Waals surface area (Å²) in [5, 5.41) is 0.877. The van der Waals surface area contributed by atoms with Gasteiger partial charge >= 0.3 is 6.18 Å². The summed E-state index contributed by atoms with van der Waals surface area (Å²) < 4.78 is 36.9. The first-order valence-electron chi connectivity index (χ1n) is 4.14. The van der Waals surface area contributed by atoms with Crippen molar-refractivity contribution in [1.82, 2.24) is 5.01 Å². The second-order valence-corrected chi connectivity index (χ2v) is 3.05. The number of allylic oxidation sites excluding steroid dienone is 2. The quantitative estimate of drug-likeness (QED) is 0.636. The molecule has 0 aromatic rings. The monoisotopic (exact) mass is 207 g/mol. The molecular formula is C8H12F3N3. The van der Waals surface area contributed by atoms with E-state index in [-0.39, 0.29) is 0 Å². The van der Waals surface area contributed by atoms with Crippen molar-refractivity contribution in [1.29, 1.82) is 0 Å². The fourth-order valence-corrected chi connectivity index (χ4v) is 1.22. The molecule has 4 N–H and O–H groups in total. The summed E-state index contributed by atoms with van der Waals surface area (Å²) in [4.78, 5) is 0. The van der Waals surface area contributed by atoms with Crippen LogP contribution in [0, 0.1) is 0 Å². The Morgan fingerprint density at radius 3 is 2.50 bits per heavy atom. The normalized spacial score (nSPS) is 23.3. The maximum Gasteiger partial charge on any atom is 0.417 e. The highest BCUT2D eigenvalue weighted by Crippen LogP contribution is 2.31. The van der Waals surface area contributed by atoms with E-state index in [0.29, 0.717) is 12.0 Å². The molecule has 0 saturated heterocycles. The van der Waals surface area contributed by atoms with Crippen LogP contribution in [0.25, 0.3) is 0 Å². The molecule has 0 aromatic heterocycles. The van der Waals surface area contributed by atoms with Crippen molar-refractivity contribution in [2.45, 2.75) is 25.7 Å². The zero-order valence-corrected chi connectivity index (χ0v) is 7.67. The highest BCUT2D eigenvalue weighted by Gasteiger charge is 2.35. The van der Waals surface area contributed by atoms with Gasteiger partial charge in [-0.3, -0.25) is 5.01 Å². The lowest BCUT2D eigenvalue weighted by Crippen LogP contribution is -2.46. The van der Waals surface area contributed by atoms with Gasteiger partial charge < -0.3 is 5.73 Å². The standard InChI is InChI=1S/C8H12F3N3/c1-2-5-3-6(8(9,10)11)4-14(13)7(5)12/h3-4,7H,2,12-13H2,1H3. The van der Waals surface area contributed by atoms with Crippen LogP contribution in [0.2, 0.25) is 0 Å². The number of nitrogens with zero attached hydrogens (tertiary/aromatic N) is 1. The third kappa shape index (κ3) is 2.08. The lowest BCUT2D eigenvalue weighted by Gasteiger charge is -2.29. The highest BCUT2D eigenvalue weighted by atomic mass is 19.4. The van der Waals surface area contributed by atoms with Gasteiger partial charge in [-0.25, -0.2) is 5.84 Å². The molecule has 6 heteroatoms. The number of hydrogen-bond donors (Lipinski definition) is 2. The van der Waals surface area contributed by atoms with E-state index in [0.717, 1.165) is 17.3 Å². The zero-order valence-electron chi connectivity index (χ0n) is 7.67. The summed E-state index contributed by atoms with van der Waals surface area (Å²) in [5.74, 6) is 5.32. The van der Waals surface area contributed by atoms with Gasteiger partial charge in [0.2, 0.25) is 0 Å². The predicted octanol–water partition coefficient (Wildman–Crippen LogP) is 1.24. The number of halogens is 3. The van der Waals surface area contributed by atoms with Gasteiger partial charge in [0.05, 0.1) is 5.57 Å². The molecule has 1 rings (SSSR count). The molecule has 1 unspecified atom stereocenters. The first kappa shape index (κ1) is 11.1. The fourth-order valence-electron chi connectivity index (χ4n) is 1.22. The highest BCUT2D eigenvalue weighted by molar-refractivity contribution is 5.33. The smallest absolute Gasteiger partial charge is 0.307 e. The summed E-state index contributed by atoms with van der Waals surface area (Å²) in [6.07, 6.45) is -2.73. The van der Waals surface area contributed by atoms with Crippen LogP contribution in [0.1, 0.15) is 13.3 Å². The minimum Gasteiger partial charge on any atom is -0.307 e. The van der Waals surface area contributed by atoms with E-state index in [2.05, 4.69) is 0 Å². The van der Waals surface area contributed by atoms with Crippen molar-refractivity contribution >= 4 is 0 Å². The van der Waals surface area contributed by atoms with Crippen molar-refractivity contribution in [2.24, 2.45) is 11.6 Å². The Hall–Kier alpha value is -1.01. The van der Waals surface area contributed by atoms with E-state index in [1.165, 1.54) is 0 Å². The van der Waals surface area contributed by atoms with Gasteiger partial charge in [-0.05, 0) is 18.1 Å². The largest absolute Gasteiger partial charge is 0.417 e. The molecule has 1 aliphatic heterocycles. The van der Waals surface area contributed by atoms with Crippen molar-refractivity contribution in [3.05, 3.63) is 23.4 Å². The molecule has 0 radical (unpaired) electrons. The summed E-state index contributed by atoms with van der Waals surface area (Å²) in [5.41, 5.74) is 5.27. The Kier molecular flexibility index (Phi) is 2.86. The van der Waals surface area contributed by atoms with Crippen LogP contribution in [0.3, 0.4) is 0 Å². The van der Waals surface area contributed by atoms with E-state index in [1.54, 1.807) is 6.92 Å². The molecule has 1 atom stereocenters. The summed E-state index contributed by atoms with van der Waals surface area (Å²) in [6, 6.07) is 0. The maximum atomic E-state index is 12.3. The third-order valence-electron chi connectivity index (χ3n) is 2.07. The molecular weight excluding hydrogens is 195 g/mol. The summed E-state index contributed by atoms with van der Waals surface area (Å²) >= 11 is 0. The number of nitrogens with two attached hydrogens (primary N) is 2. The van der Waals surface area contributed by atoms with Gasteiger partial charge in [-0.2, -0.15) is 13.2 Å². The Labute approximate surface area is 79.8 Å². The molecule has 0 spiro atoms. The van der Waals surface area contributed by atoms with Crippen LogP contribution in [0.5, 0.6) is 0 Å². The molecule has 3 nitrogen and oxygen atoms in total. The molecule has 0 saturated carbocycles. The zero-order chi connectivity index (χ0) is 10.9. The van der Waals surface area contributed by atoms with Gasteiger partial charge in [0.1, 0.15) is 6.17 Å². The van der Waals surface area contributed by atoms with Gasteiger partial charge in [-0.1, -0.05) is 6.92 Å². The number of alkyl halides is 3. The van der Waals surface area contributed by atoms with E-state index < -0.39 is 17.9 Å². The molecule has 0 fully saturated rings. The molecule has 0 aliphatic carbocycles. The summed E-state index contributed by atoms with van der Waals surface area (Å²) in [6.45, 7) is 1.73. The van der Waals surface area contributed by atoms with Crippen LogP contribution < -0.4 is 11.6 Å². The number of rotatable bonds is 1. The van der Waals surface area contributed by atoms with E-state index in [9.17, 15) is 13.2 Å². The van der Waals surface area contributed by atoms with Gasteiger partial charge in [-0.15, -0.1) is 0 Å². The van der Waals surface area contributed by atoms with Crippen molar-refractivity contribution in [3.63, 3.8) is 0 Å². The van der Waals surface area contributed by atoms with Crippen molar-refractivity contribution in [2.75, 3.05) is 0 Å². The maximum absolute atomic E-state index is 12.3. The molecule has 1 aliphatic rings. The first-order chi connectivity index (χ1) is 6.36. The Morgan fingerprint density at radius 2 is 2.07 bits per heavy atom. The Morgan fingerprint density at radius 1 is 1.50 bits per heavy atom. The molecule has 14 heavy (non-hydrogen) atoms. The first-order valence-corrected chi connectivity index (χ1v) is 4.14. The van der Waals surface area contributed by atoms with Gasteiger partial charge in [0, 0.05) is 6.20 Å². The fraction of sp³-hybridized carbons (Fsp3) is 0.500. The molecule has 0 amide bonds. The summed E-state index contributed by atoms with van der Waals surface area (Å²) in [7, 11) is 0. The average molecular weight is 207 g/mol. The van der Waals surface area contributed by atoms with Crippen LogP contribution >= 0.6 is 0 Å². The van der Waals surface area contributed by atoms with Crippen molar-refractivity contribution in [3.8, 4) is 0 Å². The van der Waals surface area contributed by atoms with Crippen LogP contribution in [-0.4, -0.2) is 17.4 Å². The number of hydrogen-bond acceptors (Lipinski definition) is 3. The molecule has 0 aromatic carbocycles. The Balaban J connectivity index is 3.01.